The first-order valence-corrected chi connectivity index (χ1v) is 9.18. The Hall–Kier alpha value is -1.45. The summed E-state index contributed by atoms with van der Waals surface area (Å²) in [6.45, 7) is 8.92. The standard InChI is InChI=1S/C14H25N5O3S/c1-11-14(12(2)17(4)16-11)23(21,22)15-5-6-18-7-9-19(10-8-18)13(3)20/h15H,5-10H2,1-4H3. The van der Waals surface area contributed by atoms with E-state index in [-0.39, 0.29) is 10.8 Å². The number of aryl methyl sites for hydroxylation is 2. The number of piperazine rings is 1. The number of carbonyl (C=O) groups excluding carboxylic acids is 1. The van der Waals surface area contributed by atoms with Gasteiger partial charge in [-0.2, -0.15) is 5.10 Å². The van der Waals surface area contributed by atoms with E-state index >= 15 is 0 Å². The molecule has 0 spiro atoms. The molecule has 0 bridgehead atoms. The van der Waals surface area contributed by atoms with E-state index in [4.69, 9.17) is 0 Å². The quantitative estimate of drug-likeness (QED) is 0.777. The SMILES string of the molecule is CC(=O)N1CCN(CCNS(=O)(=O)c2c(C)nn(C)c2C)CC1. The van der Waals surface area contributed by atoms with Crippen molar-refractivity contribution in [1.82, 2.24) is 24.3 Å². The molecule has 130 valence electrons. The molecule has 1 aromatic rings. The Labute approximate surface area is 137 Å². The third-order valence-electron chi connectivity index (χ3n) is 4.25. The number of hydrogen-bond acceptors (Lipinski definition) is 5. The lowest BCUT2D eigenvalue weighted by Gasteiger charge is -2.34. The number of amides is 1. The Morgan fingerprint density at radius 3 is 2.30 bits per heavy atom. The first-order chi connectivity index (χ1) is 10.7. The zero-order valence-corrected chi connectivity index (χ0v) is 15.0. The molecule has 2 heterocycles. The van der Waals surface area contributed by atoms with Gasteiger partial charge in [0.1, 0.15) is 4.90 Å². The van der Waals surface area contributed by atoms with E-state index in [1.807, 2.05) is 4.90 Å². The Bertz CT molecular complexity index is 675. The Morgan fingerprint density at radius 1 is 1.22 bits per heavy atom. The van der Waals surface area contributed by atoms with Gasteiger partial charge in [-0.1, -0.05) is 0 Å². The molecule has 1 fully saturated rings. The molecule has 0 aliphatic carbocycles. The Balaban J connectivity index is 1.88. The smallest absolute Gasteiger partial charge is 0.244 e. The number of hydrogen-bond donors (Lipinski definition) is 1. The van der Waals surface area contributed by atoms with E-state index < -0.39 is 10.0 Å². The molecule has 0 atom stereocenters. The molecule has 1 aromatic heterocycles. The summed E-state index contributed by atoms with van der Waals surface area (Å²) in [4.78, 5) is 15.5. The molecular weight excluding hydrogens is 318 g/mol. The van der Waals surface area contributed by atoms with Crippen LogP contribution in [0, 0.1) is 13.8 Å². The lowest BCUT2D eigenvalue weighted by molar-refractivity contribution is -0.130. The van der Waals surface area contributed by atoms with Gasteiger partial charge in [-0.05, 0) is 13.8 Å². The third kappa shape index (κ3) is 4.10. The van der Waals surface area contributed by atoms with Crippen LogP contribution in [-0.4, -0.2) is 73.2 Å². The van der Waals surface area contributed by atoms with Crippen molar-refractivity contribution in [2.45, 2.75) is 25.7 Å². The predicted octanol–water partition coefficient (Wildman–Crippen LogP) is -0.521. The molecular formula is C14H25N5O3S. The van der Waals surface area contributed by atoms with E-state index in [1.54, 1.807) is 32.5 Å². The average molecular weight is 343 g/mol. The second-order valence-electron chi connectivity index (χ2n) is 5.87. The molecule has 1 N–H and O–H groups in total. The van der Waals surface area contributed by atoms with Crippen LogP contribution in [-0.2, 0) is 21.9 Å². The fraction of sp³-hybridized carbons (Fsp3) is 0.714. The highest BCUT2D eigenvalue weighted by atomic mass is 32.2. The first-order valence-electron chi connectivity index (χ1n) is 7.70. The van der Waals surface area contributed by atoms with Crippen LogP contribution in [0.4, 0.5) is 0 Å². The third-order valence-corrected chi connectivity index (χ3v) is 5.96. The maximum atomic E-state index is 12.4. The van der Waals surface area contributed by atoms with Crippen LogP contribution >= 0.6 is 0 Å². The van der Waals surface area contributed by atoms with Crippen molar-refractivity contribution in [3.63, 3.8) is 0 Å². The summed E-state index contributed by atoms with van der Waals surface area (Å²) in [6, 6.07) is 0. The number of carbonyl (C=O) groups is 1. The van der Waals surface area contributed by atoms with Crippen LogP contribution in [0.3, 0.4) is 0 Å². The van der Waals surface area contributed by atoms with E-state index in [9.17, 15) is 13.2 Å². The largest absolute Gasteiger partial charge is 0.340 e. The van der Waals surface area contributed by atoms with E-state index in [2.05, 4.69) is 14.7 Å². The van der Waals surface area contributed by atoms with Gasteiger partial charge in [0.25, 0.3) is 0 Å². The molecule has 1 amide bonds. The highest BCUT2D eigenvalue weighted by Crippen LogP contribution is 2.17. The predicted molar refractivity (Wildman–Crippen MR) is 86.6 cm³/mol. The maximum Gasteiger partial charge on any atom is 0.244 e. The van der Waals surface area contributed by atoms with E-state index in [1.165, 1.54) is 0 Å². The fourth-order valence-corrected chi connectivity index (χ4v) is 4.29. The highest BCUT2D eigenvalue weighted by Gasteiger charge is 2.24. The van der Waals surface area contributed by atoms with Crippen LogP contribution < -0.4 is 4.72 Å². The Kier molecular flexibility index (Phi) is 5.43. The Morgan fingerprint density at radius 2 is 1.83 bits per heavy atom. The van der Waals surface area contributed by atoms with Gasteiger partial charge in [0.15, 0.2) is 0 Å². The number of aromatic nitrogens is 2. The minimum atomic E-state index is -3.55. The molecule has 1 saturated heterocycles. The lowest BCUT2D eigenvalue weighted by atomic mass is 10.3. The monoisotopic (exact) mass is 343 g/mol. The van der Waals surface area contributed by atoms with Crippen molar-refractivity contribution in [3.05, 3.63) is 11.4 Å². The van der Waals surface area contributed by atoms with Crippen molar-refractivity contribution in [2.75, 3.05) is 39.3 Å². The van der Waals surface area contributed by atoms with Gasteiger partial charge in [-0.3, -0.25) is 14.4 Å². The summed E-state index contributed by atoms with van der Waals surface area (Å²) in [7, 11) is -1.82. The second-order valence-corrected chi connectivity index (χ2v) is 7.57. The summed E-state index contributed by atoms with van der Waals surface area (Å²) in [6.07, 6.45) is 0. The van der Waals surface area contributed by atoms with Crippen LogP contribution in [0.15, 0.2) is 4.90 Å². The van der Waals surface area contributed by atoms with Crippen molar-refractivity contribution in [1.29, 1.82) is 0 Å². The molecule has 1 aliphatic rings. The molecule has 0 aromatic carbocycles. The summed E-state index contributed by atoms with van der Waals surface area (Å²) in [5.41, 5.74) is 1.14. The van der Waals surface area contributed by atoms with Gasteiger partial charge in [-0.25, -0.2) is 13.1 Å². The number of rotatable bonds is 5. The molecule has 8 nitrogen and oxygen atoms in total. The minimum Gasteiger partial charge on any atom is -0.340 e. The molecule has 0 radical (unpaired) electrons. The zero-order chi connectivity index (χ0) is 17.2. The number of nitrogens with one attached hydrogen (secondary N) is 1. The fourth-order valence-electron chi connectivity index (χ4n) is 2.84. The molecule has 23 heavy (non-hydrogen) atoms. The molecule has 1 aliphatic heterocycles. The van der Waals surface area contributed by atoms with E-state index in [0.29, 0.717) is 37.6 Å². The molecule has 2 rings (SSSR count). The summed E-state index contributed by atoms with van der Waals surface area (Å²) in [5.74, 6) is 0.0906. The van der Waals surface area contributed by atoms with Crippen molar-refractivity contribution < 1.29 is 13.2 Å². The van der Waals surface area contributed by atoms with Gasteiger partial charge in [0.05, 0.1) is 11.4 Å². The van der Waals surface area contributed by atoms with Crippen LogP contribution in [0.5, 0.6) is 0 Å². The van der Waals surface area contributed by atoms with Gasteiger partial charge in [0, 0.05) is 53.2 Å². The minimum absolute atomic E-state index is 0.0906. The zero-order valence-electron chi connectivity index (χ0n) is 14.2. The van der Waals surface area contributed by atoms with Crippen molar-refractivity contribution in [3.8, 4) is 0 Å². The summed E-state index contributed by atoms with van der Waals surface area (Å²) < 4.78 is 29.1. The average Bonchev–Trinajstić information content (AvgIpc) is 2.73. The molecule has 0 unspecified atom stereocenters. The normalized spacial score (nSPS) is 16.8. The van der Waals surface area contributed by atoms with E-state index in [0.717, 1.165) is 13.1 Å². The second kappa shape index (κ2) is 6.98. The summed E-state index contributed by atoms with van der Waals surface area (Å²) in [5, 5.41) is 4.15. The number of nitrogens with zero attached hydrogens (tertiary/aromatic N) is 4. The van der Waals surface area contributed by atoms with Crippen molar-refractivity contribution in [2.24, 2.45) is 7.05 Å². The maximum absolute atomic E-state index is 12.4. The molecule has 0 saturated carbocycles. The highest BCUT2D eigenvalue weighted by molar-refractivity contribution is 7.89. The van der Waals surface area contributed by atoms with Crippen molar-refractivity contribution >= 4 is 15.9 Å². The topological polar surface area (TPSA) is 87.5 Å². The van der Waals surface area contributed by atoms with Crippen LogP contribution in [0.2, 0.25) is 0 Å². The van der Waals surface area contributed by atoms with Gasteiger partial charge < -0.3 is 4.90 Å². The van der Waals surface area contributed by atoms with Crippen LogP contribution in [0.1, 0.15) is 18.3 Å². The van der Waals surface area contributed by atoms with Gasteiger partial charge in [-0.15, -0.1) is 0 Å². The number of sulfonamides is 1. The lowest BCUT2D eigenvalue weighted by Crippen LogP contribution is -2.49. The van der Waals surface area contributed by atoms with Gasteiger partial charge >= 0.3 is 0 Å². The summed E-state index contributed by atoms with van der Waals surface area (Å²) >= 11 is 0. The first kappa shape index (κ1) is 17.9. The molecule has 9 heteroatoms. The van der Waals surface area contributed by atoms with Crippen LogP contribution in [0.25, 0.3) is 0 Å². The van der Waals surface area contributed by atoms with Gasteiger partial charge in [0.2, 0.25) is 15.9 Å².